The van der Waals surface area contributed by atoms with Crippen LogP contribution in [-0.4, -0.2) is 40.6 Å². The summed E-state index contributed by atoms with van der Waals surface area (Å²) in [5.74, 6) is 2.30. The van der Waals surface area contributed by atoms with Crippen molar-refractivity contribution in [2.75, 3.05) is 32.1 Å². The molecule has 2 amide bonds. The van der Waals surface area contributed by atoms with Crippen LogP contribution in [0.4, 0.5) is 10.5 Å². The fraction of sp³-hybridized carbons (Fsp3) is 0.500. The first-order chi connectivity index (χ1) is 17.4. The van der Waals surface area contributed by atoms with Gasteiger partial charge in [-0.3, -0.25) is 0 Å². The Morgan fingerprint density at radius 3 is 2.22 bits per heavy atom. The van der Waals surface area contributed by atoms with Crippen LogP contribution in [-0.2, 0) is 0 Å². The summed E-state index contributed by atoms with van der Waals surface area (Å²) >= 11 is -2.56. The molecule has 0 heterocycles. The van der Waals surface area contributed by atoms with Gasteiger partial charge in [0, 0.05) is 0 Å². The van der Waals surface area contributed by atoms with E-state index in [2.05, 4.69) is 28.0 Å². The number of anilines is 1. The number of ether oxygens (including phenoxy) is 2. The summed E-state index contributed by atoms with van der Waals surface area (Å²) in [6, 6.07) is 14.8. The smallest absolute Gasteiger partial charge is 1.00 e. The molecular weight excluding hydrogens is 576 g/mol. The van der Waals surface area contributed by atoms with Gasteiger partial charge >= 0.3 is 217 Å². The van der Waals surface area contributed by atoms with Crippen molar-refractivity contribution in [3.63, 3.8) is 0 Å². The number of carbonyl (C=O) groups excluding carboxylic acids is 2. The molecule has 1 aliphatic rings. The van der Waals surface area contributed by atoms with Crippen molar-refractivity contribution in [3.8, 4) is 11.5 Å². The van der Waals surface area contributed by atoms with Crippen molar-refractivity contribution in [2.45, 2.75) is 50.4 Å². The Hall–Kier alpha value is -1.89. The van der Waals surface area contributed by atoms with Gasteiger partial charge in [0.05, 0.1) is 0 Å². The zero-order chi connectivity index (χ0) is 25.9. The molecule has 0 spiro atoms. The molecule has 2 aromatic rings. The number of benzene rings is 2. The second-order valence-electron chi connectivity index (χ2n) is 9.43. The van der Waals surface area contributed by atoms with Crippen molar-refractivity contribution in [3.05, 3.63) is 59.4 Å². The van der Waals surface area contributed by atoms with Crippen LogP contribution in [0.25, 0.3) is 5.32 Å². The first-order valence-electron chi connectivity index (χ1n) is 12.7. The molecule has 7 nitrogen and oxygen atoms in total. The van der Waals surface area contributed by atoms with Crippen molar-refractivity contribution in [1.82, 2.24) is 3.53 Å². The third-order valence-electron chi connectivity index (χ3n) is 6.47. The summed E-state index contributed by atoms with van der Waals surface area (Å²) in [4.78, 5) is 25.8. The fourth-order valence-electron chi connectivity index (χ4n) is 3.88. The second kappa shape index (κ2) is 16.2. The molecule has 0 aliphatic heterocycles. The Kier molecular flexibility index (Phi) is 13.7. The quantitative estimate of drug-likeness (QED) is 0.0675. The summed E-state index contributed by atoms with van der Waals surface area (Å²) < 4.78 is 14.1. The summed E-state index contributed by atoms with van der Waals surface area (Å²) in [6.07, 6.45) is 5.18. The Morgan fingerprint density at radius 2 is 1.62 bits per heavy atom. The minimum absolute atomic E-state index is 0. The zero-order valence-corrected chi connectivity index (χ0v) is 24.9. The topological polar surface area (TPSA) is 90.8 Å². The van der Waals surface area contributed by atoms with Crippen LogP contribution in [0.15, 0.2) is 48.5 Å². The Bertz CT molecular complexity index is 966. The van der Waals surface area contributed by atoms with E-state index in [0.29, 0.717) is 30.3 Å². The molecule has 0 saturated heterocycles. The van der Waals surface area contributed by atoms with Gasteiger partial charge in [0.15, 0.2) is 0 Å². The van der Waals surface area contributed by atoms with Gasteiger partial charge in [-0.15, -0.1) is 0 Å². The number of amides is 2. The molecule has 198 valence electrons. The summed E-state index contributed by atoms with van der Waals surface area (Å²) in [5, 5.41) is 7.63. The van der Waals surface area contributed by atoms with E-state index in [1.165, 1.54) is 25.7 Å². The maximum absolute atomic E-state index is 13.0. The van der Waals surface area contributed by atoms with Crippen LogP contribution in [0.3, 0.4) is 0 Å². The number of halogens is 1. The third kappa shape index (κ3) is 10.1. The van der Waals surface area contributed by atoms with E-state index in [0.717, 1.165) is 18.0 Å². The first-order valence-corrected chi connectivity index (χ1v) is 16.1. The van der Waals surface area contributed by atoms with Crippen LogP contribution in [0.1, 0.15) is 56.8 Å². The van der Waals surface area contributed by atoms with E-state index in [1.54, 1.807) is 31.4 Å². The molecule has 1 fully saturated rings. The molecule has 1 atom stereocenters. The average molecular weight is 615 g/mol. The van der Waals surface area contributed by atoms with Gasteiger partial charge in [-0.25, -0.2) is 0 Å². The number of nitrogens with zero attached hydrogens (tertiary/aromatic N) is 1. The molecule has 1 unspecified atom stereocenters. The summed E-state index contributed by atoms with van der Waals surface area (Å²) in [7, 11) is 1.58. The van der Waals surface area contributed by atoms with Crippen LogP contribution in [0.2, 0.25) is 0 Å². The molecule has 1 saturated carbocycles. The number of methoxy groups -OCH3 is 1. The van der Waals surface area contributed by atoms with E-state index in [9.17, 15) is 9.59 Å². The zero-order valence-electron chi connectivity index (χ0n) is 22.8. The standard InChI is InChI=1S/C28H40IN3O4.Li/c1-20(2)21(3)29(32-27(33)23-9-13-25(35-4)14-10-23)28(34)31-18-17-30-24-11-15-26(16-12-24)36-19-22-7-5-6-8-22;/h9-16,20-22,30H,5-8,17-19H2,1-4H3,(H2,31,32,33,34);/q;+1/p-1. The van der Waals surface area contributed by atoms with Crippen molar-refractivity contribution < 1.29 is 37.9 Å². The van der Waals surface area contributed by atoms with Gasteiger partial charge in [-0.2, -0.15) is 0 Å². The van der Waals surface area contributed by atoms with Gasteiger partial charge in [0.2, 0.25) is 0 Å². The second-order valence-corrected chi connectivity index (χ2v) is 14.6. The molecule has 0 bridgehead atoms. The SMILES string of the molecule is COc1ccc(C(=O)NI(C(=O)[N-]CCNc2ccc(OCC3CCCC3)cc2)C(C)C(C)C)cc1.[Li+]. The van der Waals surface area contributed by atoms with Gasteiger partial charge in [0.25, 0.3) is 0 Å². The van der Waals surface area contributed by atoms with E-state index < -0.39 is 20.1 Å². The normalized spacial score (nSPS) is 14.4. The molecule has 1 aliphatic carbocycles. The summed E-state index contributed by atoms with van der Waals surface area (Å²) in [5.41, 5.74) is 1.48. The molecule has 2 N–H and O–H groups in total. The molecule has 0 radical (unpaired) electrons. The average Bonchev–Trinajstić information content (AvgIpc) is 3.42. The molecule has 2 aromatic carbocycles. The first kappa shape index (κ1) is 31.3. The Balaban J connectivity index is 0.00000481. The van der Waals surface area contributed by atoms with E-state index in [-0.39, 0.29) is 38.5 Å². The molecule has 3 rings (SSSR count). The maximum atomic E-state index is 13.0. The fourth-order valence-corrected chi connectivity index (χ4v) is 8.33. The minimum atomic E-state index is -2.56. The number of hydrogen-bond acceptors (Lipinski definition) is 5. The largest absolute Gasteiger partial charge is 1.00 e. The predicted octanol–water partition coefficient (Wildman–Crippen LogP) is 4.07. The van der Waals surface area contributed by atoms with E-state index in [1.807, 2.05) is 31.2 Å². The number of carbonyl (C=O) groups is 2. The van der Waals surface area contributed by atoms with Crippen molar-refractivity contribution in [1.29, 1.82) is 0 Å². The van der Waals surface area contributed by atoms with Crippen molar-refractivity contribution >= 4 is 35.6 Å². The van der Waals surface area contributed by atoms with Gasteiger partial charge < -0.3 is 0 Å². The summed E-state index contributed by atoms with van der Waals surface area (Å²) in [6.45, 7) is 7.88. The maximum Gasteiger partial charge on any atom is 1.00 e. The van der Waals surface area contributed by atoms with Crippen LogP contribution in [0, 0.1) is 11.8 Å². The van der Waals surface area contributed by atoms with Crippen LogP contribution in [0.5, 0.6) is 11.5 Å². The van der Waals surface area contributed by atoms with Crippen LogP contribution < -0.4 is 37.2 Å². The molecular formula is C28H39ILiN3O4. The number of rotatable bonds is 13. The Labute approximate surface area is 241 Å². The monoisotopic (exact) mass is 615 g/mol. The van der Waals surface area contributed by atoms with Gasteiger partial charge in [-0.05, 0) is 12.8 Å². The molecule has 9 heteroatoms. The number of alkyl halides is 1. The van der Waals surface area contributed by atoms with Gasteiger partial charge in [-0.1, -0.05) is 12.8 Å². The van der Waals surface area contributed by atoms with Crippen LogP contribution >= 0.6 is 20.1 Å². The predicted molar refractivity (Wildman–Crippen MR) is 155 cm³/mol. The number of hydrogen-bond donors (Lipinski definition) is 2. The minimum Gasteiger partial charge on any atom is 1.00 e. The molecule has 0 aromatic heterocycles. The third-order valence-corrected chi connectivity index (χ3v) is 12.3. The Morgan fingerprint density at radius 1 is 1.00 bits per heavy atom. The molecule has 37 heavy (non-hydrogen) atoms. The van der Waals surface area contributed by atoms with Gasteiger partial charge in [0.1, 0.15) is 0 Å². The van der Waals surface area contributed by atoms with E-state index in [4.69, 9.17) is 9.47 Å². The van der Waals surface area contributed by atoms with Crippen molar-refractivity contribution in [2.24, 2.45) is 11.8 Å². The number of nitrogens with one attached hydrogen (secondary N) is 2. The van der Waals surface area contributed by atoms with E-state index >= 15 is 0 Å².